The summed E-state index contributed by atoms with van der Waals surface area (Å²) in [4.78, 5) is 28.2. The number of carbonyl (C=O) groups excluding carboxylic acids is 2. The number of alkyl halides is 1. The van der Waals surface area contributed by atoms with Gasteiger partial charge in [0.05, 0.1) is 12.4 Å². The largest absolute Gasteiger partial charge is 1.00 e. The number of ether oxygens (including phenoxy) is 1. The van der Waals surface area contributed by atoms with Gasteiger partial charge in [0.1, 0.15) is 5.56 Å². The van der Waals surface area contributed by atoms with E-state index in [1.165, 1.54) is 13.2 Å². The number of halogens is 3. The lowest BCUT2D eigenvalue weighted by molar-refractivity contribution is -0.382. The fourth-order valence-corrected chi connectivity index (χ4v) is 1.64. The number of methoxy groups -OCH3 is 1. The minimum absolute atomic E-state index is 0. The Morgan fingerprint density at radius 2 is 1.73 bits per heavy atom. The van der Waals surface area contributed by atoms with Crippen LogP contribution in [0.3, 0.4) is 0 Å². The van der Waals surface area contributed by atoms with Crippen LogP contribution in [0.15, 0.2) is 48.9 Å². The molecule has 22 heavy (non-hydrogen) atoms. The number of ketones is 1. The van der Waals surface area contributed by atoms with E-state index in [1.54, 1.807) is 12.3 Å². The second kappa shape index (κ2) is 13.5. The van der Waals surface area contributed by atoms with Gasteiger partial charge in [0, 0.05) is 18.2 Å². The van der Waals surface area contributed by atoms with Crippen molar-refractivity contribution in [3.05, 3.63) is 60.2 Å². The second-order valence-electron chi connectivity index (χ2n) is 3.58. The average molecular weight is 499 g/mol. The van der Waals surface area contributed by atoms with Crippen LogP contribution in [0.25, 0.3) is 0 Å². The molecule has 0 aliphatic heterocycles. The van der Waals surface area contributed by atoms with Crippen LogP contribution < -0.4 is 43.9 Å². The molecule has 8 heteroatoms. The van der Waals surface area contributed by atoms with Crippen LogP contribution in [0.2, 0.25) is 0 Å². The molecule has 2 heterocycles. The van der Waals surface area contributed by atoms with Crippen molar-refractivity contribution in [1.29, 1.82) is 0 Å². The first kappa shape index (κ1) is 23.2. The Hall–Kier alpha value is -1.12. The molecule has 0 fully saturated rings. The number of rotatable bonds is 3. The van der Waals surface area contributed by atoms with Gasteiger partial charge in [0.2, 0.25) is 5.78 Å². The summed E-state index contributed by atoms with van der Waals surface area (Å²) in [5, 5.41) is 0.164. The molecule has 0 bridgehead atoms. The number of aromatic amines is 2. The zero-order valence-electron chi connectivity index (χ0n) is 11.7. The van der Waals surface area contributed by atoms with Crippen molar-refractivity contribution in [2.75, 3.05) is 12.4 Å². The topological polar surface area (TPSA) is 71.7 Å². The minimum atomic E-state index is -0.522. The summed E-state index contributed by atoms with van der Waals surface area (Å²) in [6.07, 6.45) is 5.34. The summed E-state index contributed by atoms with van der Waals surface area (Å²) in [6.45, 7) is 0. The highest BCUT2D eigenvalue weighted by Crippen LogP contribution is 2.06. The molecule has 2 N–H and O–H groups in total. The second-order valence-corrected chi connectivity index (χ2v) is 4.15. The fourth-order valence-electron chi connectivity index (χ4n) is 1.36. The summed E-state index contributed by atoms with van der Waals surface area (Å²) in [5.41, 5.74) is 0.510. The van der Waals surface area contributed by atoms with Crippen LogP contribution in [0.5, 0.6) is 0 Å². The zero-order valence-corrected chi connectivity index (χ0v) is 16.4. The van der Waals surface area contributed by atoms with E-state index in [1.807, 2.05) is 30.6 Å². The Morgan fingerprint density at radius 3 is 2.14 bits per heavy atom. The van der Waals surface area contributed by atoms with E-state index in [-0.39, 0.29) is 56.3 Å². The van der Waals surface area contributed by atoms with Gasteiger partial charge in [-0.2, -0.15) is 0 Å². The normalized spacial score (nSPS) is 8.27. The standard InChI is InChI=1S/C9H8BrNO3.C5H5N.2BrH/c1-14-9(13)6-3-2-4-11-8(6)7(12)5-10;1-2-4-6-5-3-1;;/h2-4H,5H2,1H3;1-5H;2*1H. The molecule has 2 rings (SSSR count). The molecule has 0 aromatic carbocycles. The van der Waals surface area contributed by atoms with Crippen molar-refractivity contribution in [2.24, 2.45) is 0 Å². The third kappa shape index (κ3) is 7.77. The molecule has 2 aromatic rings. The highest BCUT2D eigenvalue weighted by Gasteiger charge is 2.22. The third-order valence-electron chi connectivity index (χ3n) is 2.27. The molecule has 0 spiro atoms. The Labute approximate surface area is 158 Å². The number of H-pyrrole nitrogens is 2. The number of aromatic nitrogens is 2. The molecule has 0 unspecified atom stereocenters. The van der Waals surface area contributed by atoms with E-state index in [9.17, 15) is 9.59 Å². The molecule has 5 nitrogen and oxygen atoms in total. The lowest BCUT2D eigenvalue weighted by Gasteiger charge is -1.98. The summed E-state index contributed by atoms with van der Waals surface area (Å²) in [7, 11) is 1.28. The Bertz CT molecular complexity index is 507. The fraction of sp³-hybridized carbons (Fsp3) is 0.143. The van der Waals surface area contributed by atoms with Gasteiger partial charge >= 0.3 is 5.97 Å². The van der Waals surface area contributed by atoms with E-state index in [0.29, 0.717) is 0 Å². The predicted octanol–water partition coefficient (Wildman–Crippen LogP) is -4.63. The van der Waals surface area contributed by atoms with Crippen molar-refractivity contribution in [3.63, 3.8) is 0 Å². The van der Waals surface area contributed by atoms with Gasteiger partial charge in [-0.3, -0.25) is 4.79 Å². The zero-order chi connectivity index (χ0) is 14.8. The molecule has 0 aliphatic rings. The van der Waals surface area contributed by atoms with Gasteiger partial charge < -0.3 is 38.7 Å². The first-order valence-electron chi connectivity index (χ1n) is 5.80. The molecule has 2 aromatic heterocycles. The maximum Gasteiger partial charge on any atom is 0.344 e. The average Bonchev–Trinajstić information content (AvgIpc) is 2.55. The van der Waals surface area contributed by atoms with Crippen molar-refractivity contribution < 1.29 is 58.3 Å². The minimum Gasteiger partial charge on any atom is -1.00 e. The molecule has 0 amide bonds. The first-order chi connectivity index (χ1) is 9.70. The quantitative estimate of drug-likeness (QED) is 0.243. The maximum atomic E-state index is 11.4. The van der Waals surface area contributed by atoms with E-state index < -0.39 is 5.97 Å². The van der Waals surface area contributed by atoms with Crippen LogP contribution >= 0.6 is 15.9 Å². The maximum absolute atomic E-state index is 11.4. The Balaban J connectivity index is 0. The summed E-state index contributed by atoms with van der Waals surface area (Å²) in [6, 6.07) is 9.03. The van der Waals surface area contributed by atoms with E-state index in [4.69, 9.17) is 0 Å². The number of Topliss-reactive ketones (excluding diaryl/α,β-unsaturated/α-hetero) is 1. The number of nitrogens with one attached hydrogen (secondary N) is 2. The number of esters is 1. The lowest BCUT2D eigenvalue weighted by Crippen LogP contribution is -3.00. The molecule has 0 atom stereocenters. The van der Waals surface area contributed by atoms with Crippen molar-refractivity contribution >= 4 is 27.7 Å². The number of hydrogen-bond donors (Lipinski definition) is 0. The van der Waals surface area contributed by atoms with Crippen LogP contribution in [-0.4, -0.2) is 24.2 Å². The van der Waals surface area contributed by atoms with Crippen molar-refractivity contribution in [2.45, 2.75) is 0 Å². The molecular formula is C14H15Br3N2O3. The van der Waals surface area contributed by atoms with Crippen molar-refractivity contribution in [3.8, 4) is 0 Å². The molecule has 0 aliphatic carbocycles. The summed E-state index contributed by atoms with van der Waals surface area (Å²) >= 11 is 3.04. The number of hydrogen-bond acceptors (Lipinski definition) is 3. The van der Waals surface area contributed by atoms with Crippen LogP contribution in [0.1, 0.15) is 20.8 Å². The first-order valence-corrected chi connectivity index (χ1v) is 6.92. The number of pyridine rings is 2. The van der Waals surface area contributed by atoms with Gasteiger partial charge in [-0.1, -0.05) is 22.0 Å². The molecule has 0 radical (unpaired) electrons. The van der Waals surface area contributed by atoms with Gasteiger partial charge in [0.25, 0.3) is 5.69 Å². The number of carbonyl (C=O) groups is 2. The molecule has 0 saturated heterocycles. The monoisotopic (exact) mass is 496 g/mol. The van der Waals surface area contributed by atoms with Crippen molar-refractivity contribution in [1.82, 2.24) is 0 Å². The molecular weight excluding hydrogens is 484 g/mol. The third-order valence-corrected chi connectivity index (χ3v) is 2.78. The smallest absolute Gasteiger partial charge is 0.344 e. The Kier molecular flexibility index (Phi) is 14.2. The van der Waals surface area contributed by atoms with Gasteiger partial charge in [-0.15, -0.1) is 0 Å². The van der Waals surface area contributed by atoms with Crippen LogP contribution in [0, 0.1) is 0 Å². The van der Waals surface area contributed by atoms with Gasteiger partial charge in [-0.05, 0) is 6.07 Å². The molecule has 120 valence electrons. The predicted molar refractivity (Wildman–Crippen MR) is 75.5 cm³/mol. The SMILES string of the molecule is COC(=O)c1ccc[nH+]c1C(=O)CBr.[Br-].[Br-].c1cc[nH+]cc1. The van der Waals surface area contributed by atoms with E-state index >= 15 is 0 Å². The van der Waals surface area contributed by atoms with Gasteiger partial charge in [-0.25, -0.2) is 14.8 Å². The van der Waals surface area contributed by atoms with Gasteiger partial charge in [0.15, 0.2) is 18.6 Å². The van der Waals surface area contributed by atoms with E-state index in [0.717, 1.165) is 0 Å². The summed E-state index contributed by atoms with van der Waals surface area (Å²) in [5.74, 6) is -0.711. The van der Waals surface area contributed by atoms with E-state index in [2.05, 4.69) is 30.6 Å². The van der Waals surface area contributed by atoms with Crippen LogP contribution in [0.4, 0.5) is 0 Å². The Morgan fingerprint density at radius 1 is 1.09 bits per heavy atom. The summed E-state index contributed by atoms with van der Waals surface area (Å²) < 4.78 is 4.55. The molecule has 0 saturated carbocycles. The highest BCUT2D eigenvalue weighted by atomic mass is 79.9. The highest BCUT2D eigenvalue weighted by molar-refractivity contribution is 9.09. The lowest BCUT2D eigenvalue weighted by atomic mass is 10.1. The van der Waals surface area contributed by atoms with Crippen LogP contribution in [-0.2, 0) is 4.74 Å².